The molecule has 0 amide bonds. The van der Waals surface area contributed by atoms with E-state index in [1.165, 1.54) is 31.3 Å². The predicted octanol–water partition coefficient (Wildman–Crippen LogP) is 6.83. The highest BCUT2D eigenvalue weighted by Crippen LogP contribution is 2.67. The molecular weight excluding hydrogens is 484 g/mol. The molecule has 6 nitrogen and oxygen atoms in total. The van der Waals surface area contributed by atoms with Crippen molar-refractivity contribution in [2.45, 2.75) is 117 Å². The molecule has 0 radical (unpaired) electrons. The van der Waals surface area contributed by atoms with Crippen LogP contribution in [0.4, 0.5) is 0 Å². The van der Waals surface area contributed by atoms with Crippen LogP contribution < -0.4 is 0 Å². The number of hydrogen-bond acceptors (Lipinski definition) is 4. The van der Waals surface area contributed by atoms with E-state index < -0.39 is 28.3 Å². The van der Waals surface area contributed by atoms with Crippen molar-refractivity contribution in [2.24, 2.45) is 40.4 Å². The lowest BCUT2D eigenvalue weighted by Crippen LogP contribution is -2.51. The predicted molar refractivity (Wildman–Crippen MR) is 140 cm³/mol. The largest absolute Gasteiger partial charge is 0.302 e. The fraction of sp³-hybridized carbons (Fsp3) is 0.926. The molecule has 8 heteroatoms. The minimum Gasteiger partial charge on any atom is -0.284 e. The Morgan fingerprint density at radius 1 is 1.09 bits per heavy atom. The molecule has 0 aliphatic heterocycles. The quantitative estimate of drug-likeness (QED) is 0.251. The average Bonchev–Trinajstić information content (AvgIpc) is 3.10. The van der Waals surface area contributed by atoms with Crippen molar-refractivity contribution in [1.82, 2.24) is 0 Å². The second-order valence-electron chi connectivity index (χ2n) is 13.1. The van der Waals surface area contributed by atoms with Gasteiger partial charge in [-0.25, -0.2) is 0 Å². The van der Waals surface area contributed by atoms with Gasteiger partial charge in [0.1, 0.15) is 0 Å². The van der Waals surface area contributed by atoms with Crippen LogP contribution >= 0.6 is 0 Å². The summed E-state index contributed by atoms with van der Waals surface area (Å²) in [7, 11) is 0. The molecule has 3 fully saturated rings. The van der Waals surface area contributed by atoms with Crippen molar-refractivity contribution in [2.75, 3.05) is 0 Å². The highest BCUT2D eigenvalue weighted by atomic mass is 32.2. The maximum absolute atomic E-state index is 11.2. The highest BCUT2D eigenvalue weighted by Gasteiger charge is 2.59. The smallest absolute Gasteiger partial charge is 0.284 e. The van der Waals surface area contributed by atoms with Crippen LogP contribution in [0.25, 0.3) is 0 Å². The van der Waals surface area contributed by atoms with Gasteiger partial charge in [-0.1, -0.05) is 45.3 Å². The summed E-state index contributed by atoms with van der Waals surface area (Å²) in [6, 6.07) is 0. The normalized spacial score (nSPS) is 41.8. The molecule has 2 unspecified atom stereocenters. The molecule has 0 heterocycles. The maximum atomic E-state index is 11.2. The monoisotopic (exact) mass is 530 g/mol. The first-order chi connectivity index (χ1) is 16.4. The van der Waals surface area contributed by atoms with Crippen LogP contribution in [0.2, 0.25) is 0 Å². The van der Waals surface area contributed by atoms with Crippen molar-refractivity contribution in [3.63, 3.8) is 0 Å². The second kappa shape index (κ2) is 10.6. The number of rotatable bonds is 9. The average molecular weight is 531 g/mol. The third-order valence-corrected chi connectivity index (χ3v) is 11.8. The van der Waals surface area contributed by atoms with Gasteiger partial charge in [0.2, 0.25) is 0 Å². The molecule has 4 rings (SSSR count). The van der Waals surface area contributed by atoms with Gasteiger partial charge in [0, 0.05) is 0 Å². The van der Waals surface area contributed by atoms with E-state index in [4.69, 9.17) is 12.9 Å². The highest BCUT2D eigenvalue weighted by molar-refractivity contribution is 7.74. The van der Waals surface area contributed by atoms with E-state index in [2.05, 4.69) is 26.8 Å². The fourth-order valence-corrected chi connectivity index (χ4v) is 9.95. The van der Waals surface area contributed by atoms with Crippen LogP contribution in [0, 0.1) is 40.4 Å². The minimum absolute atomic E-state index is 0.130. The zero-order valence-corrected chi connectivity index (χ0v) is 23.8. The van der Waals surface area contributed by atoms with E-state index in [0.717, 1.165) is 62.7 Å². The first-order valence-electron chi connectivity index (χ1n) is 13.6. The van der Waals surface area contributed by atoms with Gasteiger partial charge in [-0.3, -0.25) is 17.5 Å². The molecule has 4 aliphatic rings. The first kappa shape index (κ1) is 27.9. The summed E-state index contributed by atoms with van der Waals surface area (Å²) in [5, 5.41) is 0. The molecule has 0 saturated heterocycles. The molecular formula is C27H46O6S2. The van der Waals surface area contributed by atoms with E-state index in [-0.39, 0.29) is 11.5 Å². The van der Waals surface area contributed by atoms with Gasteiger partial charge in [0.25, 0.3) is 0 Å². The SMILES string of the molecule is C[C@@H](CCCC(C)(C)OS(=O)O)[C@H]1CC[C@H]2[C@@H]3CC=C4C[C@@H](OS(=O)O)CC[C@]4(C)[C@H]3CC[C@]12C. The standard InChI is InChI=1S/C27H46O6S2/c1-18(7-6-14-25(2,3)33-35(30)31)22-10-11-23-21-9-8-19-17-20(32-34(28)29)12-15-26(19,4)24(21)13-16-27(22,23)5/h8,18,20-24H,6-7,9-17H2,1-5H3,(H,28,29)(H,30,31)/t18-,20-,21-,22+,23-,24-,26-,27+/m0/s1. The van der Waals surface area contributed by atoms with E-state index in [0.29, 0.717) is 17.3 Å². The summed E-state index contributed by atoms with van der Waals surface area (Å²) in [5.41, 5.74) is 1.51. The number of allylic oxidation sites excluding steroid dienone is 1. The Hall–Kier alpha value is -0.120. The molecule has 4 aliphatic carbocycles. The zero-order valence-electron chi connectivity index (χ0n) is 22.2. The molecule has 3 saturated carbocycles. The molecule has 0 aromatic rings. The van der Waals surface area contributed by atoms with E-state index >= 15 is 0 Å². The summed E-state index contributed by atoms with van der Waals surface area (Å²) in [6.45, 7) is 11.3. The molecule has 0 aromatic heterocycles. The van der Waals surface area contributed by atoms with E-state index in [9.17, 15) is 13.0 Å². The van der Waals surface area contributed by atoms with E-state index in [1.807, 2.05) is 13.8 Å². The second-order valence-corrected chi connectivity index (χ2v) is 14.3. The van der Waals surface area contributed by atoms with Gasteiger partial charge >= 0.3 is 22.7 Å². The Labute approximate surface area is 217 Å². The molecule has 2 N–H and O–H groups in total. The maximum Gasteiger partial charge on any atom is 0.302 e. The van der Waals surface area contributed by atoms with Crippen LogP contribution in [0.1, 0.15) is 105 Å². The lowest BCUT2D eigenvalue weighted by atomic mass is 9.47. The van der Waals surface area contributed by atoms with Crippen molar-refractivity contribution in [3.8, 4) is 0 Å². The van der Waals surface area contributed by atoms with Crippen LogP contribution in [-0.4, -0.2) is 29.2 Å². The Balaban J connectivity index is 1.40. The van der Waals surface area contributed by atoms with Crippen LogP contribution in [0.3, 0.4) is 0 Å². The summed E-state index contributed by atoms with van der Waals surface area (Å²) in [6.07, 6.45) is 14.4. The van der Waals surface area contributed by atoms with Gasteiger partial charge in [0.15, 0.2) is 0 Å². The van der Waals surface area contributed by atoms with Gasteiger partial charge < -0.3 is 0 Å². The van der Waals surface area contributed by atoms with Crippen molar-refractivity contribution in [1.29, 1.82) is 0 Å². The van der Waals surface area contributed by atoms with Crippen LogP contribution in [0.15, 0.2) is 11.6 Å². The van der Waals surface area contributed by atoms with Crippen LogP contribution in [0.5, 0.6) is 0 Å². The van der Waals surface area contributed by atoms with Crippen molar-refractivity contribution in [3.05, 3.63) is 11.6 Å². The molecule has 0 aromatic carbocycles. The Morgan fingerprint density at radius 2 is 1.83 bits per heavy atom. The molecule has 0 bridgehead atoms. The molecule has 10 atom stereocenters. The summed E-state index contributed by atoms with van der Waals surface area (Å²) < 4.78 is 51.0. The van der Waals surface area contributed by atoms with Crippen molar-refractivity contribution >= 4 is 22.7 Å². The minimum atomic E-state index is -2.22. The lowest BCUT2D eigenvalue weighted by Gasteiger charge is -2.58. The van der Waals surface area contributed by atoms with Crippen LogP contribution in [-0.2, 0) is 31.1 Å². The van der Waals surface area contributed by atoms with Gasteiger partial charge in [-0.05, 0) is 112 Å². The number of hydrogen-bond donors (Lipinski definition) is 2. The van der Waals surface area contributed by atoms with Crippen molar-refractivity contribution < 1.29 is 25.9 Å². The Kier molecular flexibility index (Phi) is 8.42. The van der Waals surface area contributed by atoms with E-state index in [1.54, 1.807) is 0 Å². The first-order valence-corrected chi connectivity index (χ1v) is 15.7. The summed E-state index contributed by atoms with van der Waals surface area (Å²) in [5.74, 6) is 3.63. The molecule has 202 valence electrons. The zero-order chi connectivity index (χ0) is 25.6. The summed E-state index contributed by atoms with van der Waals surface area (Å²) >= 11 is -4.40. The van der Waals surface area contributed by atoms with Gasteiger partial charge in [-0.15, -0.1) is 0 Å². The lowest BCUT2D eigenvalue weighted by molar-refractivity contribution is -0.0559. The van der Waals surface area contributed by atoms with Gasteiger partial charge in [-0.2, -0.15) is 8.42 Å². The third kappa shape index (κ3) is 5.68. The Bertz CT molecular complexity index is 859. The molecule has 0 spiro atoms. The topological polar surface area (TPSA) is 93.1 Å². The Morgan fingerprint density at radius 3 is 2.51 bits per heavy atom. The number of fused-ring (bicyclic) bond motifs is 5. The fourth-order valence-electron chi connectivity index (χ4n) is 9.09. The van der Waals surface area contributed by atoms with Gasteiger partial charge in [0.05, 0.1) is 11.7 Å². The third-order valence-electron chi connectivity index (χ3n) is 10.8. The summed E-state index contributed by atoms with van der Waals surface area (Å²) in [4.78, 5) is 0. The molecule has 35 heavy (non-hydrogen) atoms.